The summed E-state index contributed by atoms with van der Waals surface area (Å²) in [6, 6.07) is 11.7. The van der Waals surface area contributed by atoms with Crippen LogP contribution in [0.2, 0.25) is 0 Å². The Bertz CT molecular complexity index is 922. The van der Waals surface area contributed by atoms with Crippen molar-refractivity contribution in [1.82, 2.24) is 10.6 Å². The first-order valence-electron chi connectivity index (χ1n) is 9.97. The molecule has 0 fully saturated rings. The van der Waals surface area contributed by atoms with Crippen LogP contribution in [0.5, 0.6) is 0 Å². The Morgan fingerprint density at radius 1 is 0.935 bits per heavy atom. The van der Waals surface area contributed by atoms with Crippen molar-refractivity contribution in [3.8, 4) is 0 Å². The van der Waals surface area contributed by atoms with Gasteiger partial charge >= 0.3 is 12.1 Å². The number of benzene rings is 2. The zero-order chi connectivity index (χ0) is 23.0. The molecule has 0 aliphatic carbocycles. The van der Waals surface area contributed by atoms with Crippen LogP contribution < -0.4 is 10.6 Å². The number of carbonyl (C=O) groups excluding carboxylic acids is 3. The van der Waals surface area contributed by atoms with Crippen molar-refractivity contribution in [2.75, 3.05) is 20.8 Å². The lowest BCUT2D eigenvalue weighted by atomic mass is 10.0. The van der Waals surface area contributed by atoms with Crippen molar-refractivity contribution >= 4 is 28.7 Å². The van der Waals surface area contributed by atoms with Gasteiger partial charge in [0, 0.05) is 13.5 Å². The van der Waals surface area contributed by atoms with E-state index >= 15 is 0 Å². The molecule has 0 spiro atoms. The summed E-state index contributed by atoms with van der Waals surface area (Å²) in [7, 11) is 2.66. The molecule has 2 aromatic rings. The van der Waals surface area contributed by atoms with Gasteiger partial charge in [-0.3, -0.25) is 4.79 Å². The van der Waals surface area contributed by atoms with Gasteiger partial charge in [0.25, 0.3) is 0 Å². The van der Waals surface area contributed by atoms with E-state index in [-0.39, 0.29) is 13.0 Å². The van der Waals surface area contributed by atoms with Crippen LogP contribution in [0.15, 0.2) is 42.5 Å². The number of carbonyl (C=O) groups is 3. The van der Waals surface area contributed by atoms with E-state index < -0.39 is 35.7 Å². The predicted octanol–water partition coefficient (Wildman–Crippen LogP) is 2.58. The summed E-state index contributed by atoms with van der Waals surface area (Å²) in [5.74, 6) is -1.17. The largest absolute Gasteiger partial charge is 0.467 e. The van der Waals surface area contributed by atoms with Crippen LogP contribution in [0.3, 0.4) is 0 Å². The summed E-state index contributed by atoms with van der Waals surface area (Å²) in [6.07, 6.45) is -0.524. The Kier molecular flexibility index (Phi) is 8.38. The molecule has 2 N–H and O–H groups in total. The van der Waals surface area contributed by atoms with E-state index in [1.807, 2.05) is 42.5 Å². The molecule has 0 bridgehead atoms. The molecule has 8 heteroatoms. The molecule has 0 heterocycles. The molecule has 1 unspecified atom stereocenters. The smallest absolute Gasteiger partial charge is 0.408 e. The van der Waals surface area contributed by atoms with Crippen LogP contribution in [0, 0.1) is 0 Å². The number of rotatable bonds is 8. The molecule has 31 heavy (non-hydrogen) atoms. The van der Waals surface area contributed by atoms with Gasteiger partial charge in [-0.15, -0.1) is 0 Å². The minimum absolute atomic E-state index is 0.0883. The summed E-state index contributed by atoms with van der Waals surface area (Å²) >= 11 is 0. The molecule has 0 saturated carbocycles. The van der Waals surface area contributed by atoms with E-state index in [9.17, 15) is 14.4 Å². The maximum Gasteiger partial charge on any atom is 0.408 e. The van der Waals surface area contributed by atoms with Gasteiger partial charge in [-0.05, 0) is 37.1 Å². The molecule has 8 nitrogen and oxygen atoms in total. The second kappa shape index (κ2) is 10.8. The molecular weight excluding hydrogens is 400 g/mol. The number of amides is 2. The van der Waals surface area contributed by atoms with E-state index in [2.05, 4.69) is 10.6 Å². The van der Waals surface area contributed by atoms with Gasteiger partial charge in [-0.25, -0.2) is 9.59 Å². The second-order valence-corrected chi connectivity index (χ2v) is 8.12. The maximum absolute atomic E-state index is 12.8. The van der Waals surface area contributed by atoms with E-state index in [0.717, 1.165) is 16.3 Å². The average molecular weight is 431 g/mol. The van der Waals surface area contributed by atoms with E-state index in [4.69, 9.17) is 14.2 Å². The highest BCUT2D eigenvalue weighted by Crippen LogP contribution is 2.17. The Labute approximate surface area is 182 Å². The first-order valence-corrected chi connectivity index (χ1v) is 9.97. The first kappa shape index (κ1) is 24.1. The Hall–Kier alpha value is -3.13. The van der Waals surface area contributed by atoms with Gasteiger partial charge in [0.15, 0.2) is 0 Å². The number of methoxy groups -OCH3 is 2. The van der Waals surface area contributed by atoms with E-state index in [1.165, 1.54) is 14.2 Å². The van der Waals surface area contributed by atoms with Crippen molar-refractivity contribution in [3.05, 3.63) is 48.0 Å². The Morgan fingerprint density at radius 3 is 2.23 bits per heavy atom. The molecule has 0 saturated heterocycles. The summed E-state index contributed by atoms with van der Waals surface area (Å²) < 4.78 is 15.1. The van der Waals surface area contributed by atoms with Crippen molar-refractivity contribution in [1.29, 1.82) is 0 Å². The molecule has 2 rings (SSSR count). The Morgan fingerprint density at radius 2 is 1.61 bits per heavy atom. The van der Waals surface area contributed by atoms with Gasteiger partial charge in [-0.1, -0.05) is 42.5 Å². The quantitative estimate of drug-likeness (QED) is 0.624. The number of hydrogen-bond acceptors (Lipinski definition) is 6. The standard InChI is InChI=1S/C23H30N2O6/c1-23(2,3)31-22(28)25-19(14-29-4)20(26)24-18(21(27)30-5)13-15-10-11-16-8-6-7-9-17(16)12-15/h6-12,18-19H,13-14H2,1-5H3,(H,24,26)(H,25,28)/t18?,19-/m0/s1. The fraction of sp³-hybridized carbons (Fsp3) is 0.435. The zero-order valence-corrected chi connectivity index (χ0v) is 18.6. The second-order valence-electron chi connectivity index (χ2n) is 8.12. The average Bonchev–Trinajstić information content (AvgIpc) is 2.70. The Balaban J connectivity index is 2.13. The molecule has 0 aliphatic heterocycles. The highest BCUT2D eigenvalue weighted by atomic mass is 16.6. The van der Waals surface area contributed by atoms with Crippen molar-refractivity contribution < 1.29 is 28.6 Å². The third-order valence-electron chi connectivity index (χ3n) is 4.40. The minimum atomic E-state index is -1.04. The highest BCUT2D eigenvalue weighted by molar-refractivity contribution is 5.90. The first-order chi connectivity index (χ1) is 14.6. The van der Waals surface area contributed by atoms with Crippen molar-refractivity contribution in [2.24, 2.45) is 0 Å². The maximum atomic E-state index is 12.8. The fourth-order valence-corrected chi connectivity index (χ4v) is 3.01. The number of fused-ring (bicyclic) bond motifs is 1. The number of nitrogens with one attached hydrogen (secondary N) is 2. The minimum Gasteiger partial charge on any atom is -0.467 e. The highest BCUT2D eigenvalue weighted by Gasteiger charge is 2.29. The van der Waals surface area contributed by atoms with Crippen molar-refractivity contribution in [2.45, 2.75) is 44.9 Å². The van der Waals surface area contributed by atoms with Gasteiger partial charge in [0.2, 0.25) is 5.91 Å². The molecule has 2 aromatic carbocycles. The third-order valence-corrected chi connectivity index (χ3v) is 4.40. The number of hydrogen-bond donors (Lipinski definition) is 2. The molecule has 0 radical (unpaired) electrons. The van der Waals surface area contributed by atoms with Crippen LogP contribution in [0.4, 0.5) is 4.79 Å². The number of esters is 1. The van der Waals surface area contributed by atoms with E-state index in [1.54, 1.807) is 20.8 Å². The summed E-state index contributed by atoms with van der Waals surface area (Å²) in [5, 5.41) is 7.23. The molecule has 0 aliphatic rings. The topological polar surface area (TPSA) is 103 Å². The SMILES string of the molecule is COC[C@H](NC(=O)OC(C)(C)C)C(=O)NC(Cc1ccc2ccccc2c1)C(=O)OC. The van der Waals surface area contributed by atoms with Crippen molar-refractivity contribution in [3.63, 3.8) is 0 Å². The number of ether oxygens (including phenoxy) is 3. The van der Waals surface area contributed by atoms with Crippen LogP contribution in [0.25, 0.3) is 10.8 Å². The van der Waals surface area contributed by atoms with Gasteiger partial charge in [0.05, 0.1) is 13.7 Å². The molecule has 168 valence electrons. The monoisotopic (exact) mass is 430 g/mol. The number of alkyl carbamates (subject to hydrolysis) is 1. The van der Waals surface area contributed by atoms with Gasteiger partial charge in [-0.2, -0.15) is 0 Å². The molecule has 2 atom stereocenters. The summed E-state index contributed by atoms with van der Waals surface area (Å²) in [4.78, 5) is 37.2. The zero-order valence-electron chi connectivity index (χ0n) is 18.6. The molecular formula is C23H30N2O6. The third kappa shape index (κ3) is 7.57. The van der Waals surface area contributed by atoms with Crippen LogP contribution in [-0.4, -0.2) is 56.5 Å². The summed E-state index contributed by atoms with van der Waals surface area (Å²) in [5.41, 5.74) is 0.140. The summed E-state index contributed by atoms with van der Waals surface area (Å²) in [6.45, 7) is 5.06. The molecule has 0 aromatic heterocycles. The fourth-order valence-electron chi connectivity index (χ4n) is 3.01. The lowest BCUT2D eigenvalue weighted by molar-refractivity contribution is -0.145. The lowest BCUT2D eigenvalue weighted by Gasteiger charge is -2.24. The van der Waals surface area contributed by atoms with Crippen LogP contribution in [0.1, 0.15) is 26.3 Å². The predicted molar refractivity (Wildman–Crippen MR) is 117 cm³/mol. The van der Waals surface area contributed by atoms with Gasteiger partial charge in [0.1, 0.15) is 17.7 Å². The van der Waals surface area contributed by atoms with Gasteiger partial charge < -0.3 is 24.8 Å². The van der Waals surface area contributed by atoms with E-state index in [0.29, 0.717) is 0 Å². The lowest BCUT2D eigenvalue weighted by Crippen LogP contribution is -2.54. The normalized spacial score (nSPS) is 13.2. The van der Waals surface area contributed by atoms with Crippen LogP contribution >= 0.6 is 0 Å². The van der Waals surface area contributed by atoms with Crippen LogP contribution in [-0.2, 0) is 30.2 Å². The molecule has 2 amide bonds.